The molecule has 4 nitrogen and oxygen atoms in total. The van der Waals surface area contributed by atoms with Crippen molar-refractivity contribution in [1.29, 1.82) is 0 Å². The van der Waals surface area contributed by atoms with Crippen LogP contribution < -0.4 is 0 Å². The molecule has 0 saturated heterocycles. The molecule has 1 atom stereocenters. The van der Waals surface area contributed by atoms with Gasteiger partial charge in [0.05, 0.1) is 6.54 Å². The van der Waals surface area contributed by atoms with E-state index >= 15 is 0 Å². The number of ether oxygens (including phenoxy) is 1. The molecule has 0 N–H and O–H groups in total. The normalized spacial score (nSPS) is 11.6. The monoisotopic (exact) mass is 247 g/mol. The van der Waals surface area contributed by atoms with Crippen molar-refractivity contribution in [2.45, 2.75) is 6.29 Å². The van der Waals surface area contributed by atoms with Gasteiger partial charge in [-0.3, -0.25) is 4.79 Å². The first-order valence-corrected chi connectivity index (χ1v) is 5.52. The van der Waals surface area contributed by atoms with Crippen molar-refractivity contribution < 1.29 is 14.4 Å². The molecule has 0 saturated carbocycles. The molecule has 0 aliphatic rings. The summed E-state index contributed by atoms with van der Waals surface area (Å²) < 4.78 is 4.99. The van der Waals surface area contributed by atoms with E-state index in [1.54, 1.807) is 30.3 Å². The standard InChI is InChI=1S/C14H17NO3/c1-4-11-15(18-13(5-2)17-3)14(16)12-9-7-6-8-10-12/h4-10,13H,1-2,11H2,3H3. The van der Waals surface area contributed by atoms with Gasteiger partial charge >= 0.3 is 0 Å². The molecule has 0 radical (unpaired) electrons. The predicted octanol–water partition coefficient (Wildman–Crippen LogP) is 2.40. The number of rotatable bonds is 7. The lowest BCUT2D eigenvalue weighted by Crippen LogP contribution is -2.35. The molecule has 18 heavy (non-hydrogen) atoms. The fraction of sp³-hybridized carbons (Fsp3) is 0.214. The second-order valence-corrected chi connectivity index (χ2v) is 3.47. The van der Waals surface area contributed by atoms with Crippen LogP contribution in [0.2, 0.25) is 0 Å². The molecule has 0 aliphatic carbocycles. The van der Waals surface area contributed by atoms with E-state index in [1.165, 1.54) is 18.2 Å². The summed E-state index contributed by atoms with van der Waals surface area (Å²) in [6.07, 6.45) is 2.38. The number of amides is 1. The smallest absolute Gasteiger partial charge is 0.277 e. The van der Waals surface area contributed by atoms with Gasteiger partial charge in [0.2, 0.25) is 6.29 Å². The van der Waals surface area contributed by atoms with Gasteiger partial charge in [-0.15, -0.1) is 6.58 Å². The Morgan fingerprint density at radius 2 is 2.06 bits per heavy atom. The summed E-state index contributed by atoms with van der Waals surface area (Å²) in [5.41, 5.74) is 0.540. The van der Waals surface area contributed by atoms with Gasteiger partial charge < -0.3 is 4.74 Å². The van der Waals surface area contributed by atoms with Crippen LogP contribution in [-0.2, 0) is 9.57 Å². The Morgan fingerprint density at radius 1 is 1.39 bits per heavy atom. The number of methoxy groups -OCH3 is 1. The molecule has 1 unspecified atom stereocenters. The number of benzene rings is 1. The van der Waals surface area contributed by atoms with Gasteiger partial charge in [0.15, 0.2) is 0 Å². The zero-order valence-corrected chi connectivity index (χ0v) is 10.4. The van der Waals surface area contributed by atoms with Gasteiger partial charge in [-0.2, -0.15) is 0 Å². The van der Waals surface area contributed by atoms with Crippen LogP contribution >= 0.6 is 0 Å². The fourth-order valence-corrected chi connectivity index (χ4v) is 1.32. The van der Waals surface area contributed by atoms with Crippen LogP contribution in [0.25, 0.3) is 0 Å². The van der Waals surface area contributed by atoms with Crippen molar-refractivity contribution in [1.82, 2.24) is 5.06 Å². The van der Waals surface area contributed by atoms with Crippen LogP contribution in [0, 0.1) is 0 Å². The summed E-state index contributed by atoms with van der Waals surface area (Å²) in [5.74, 6) is -0.251. The minimum Gasteiger partial charge on any atom is -0.350 e. The fourth-order valence-electron chi connectivity index (χ4n) is 1.32. The molecule has 0 aliphatic heterocycles. The Morgan fingerprint density at radius 3 is 2.56 bits per heavy atom. The Labute approximate surface area is 107 Å². The molecule has 1 aromatic rings. The Balaban J connectivity index is 2.81. The molecular formula is C14H17NO3. The maximum atomic E-state index is 12.2. The van der Waals surface area contributed by atoms with E-state index in [-0.39, 0.29) is 12.5 Å². The molecule has 0 heterocycles. The van der Waals surface area contributed by atoms with Gasteiger partial charge in [-0.1, -0.05) is 30.9 Å². The van der Waals surface area contributed by atoms with E-state index < -0.39 is 6.29 Å². The molecule has 0 bridgehead atoms. The third kappa shape index (κ3) is 3.84. The highest BCUT2D eigenvalue weighted by molar-refractivity contribution is 5.93. The summed E-state index contributed by atoms with van der Waals surface area (Å²) >= 11 is 0. The van der Waals surface area contributed by atoms with Crippen molar-refractivity contribution in [3.05, 3.63) is 61.2 Å². The third-order valence-corrected chi connectivity index (χ3v) is 2.20. The van der Waals surface area contributed by atoms with Gasteiger partial charge in [-0.05, 0) is 18.2 Å². The Hall–Kier alpha value is -1.91. The summed E-state index contributed by atoms with van der Waals surface area (Å²) in [5, 5.41) is 1.19. The minimum atomic E-state index is -0.669. The minimum absolute atomic E-state index is 0.251. The number of carbonyl (C=O) groups is 1. The van der Waals surface area contributed by atoms with Crippen LogP contribution in [0.3, 0.4) is 0 Å². The first-order chi connectivity index (χ1) is 8.72. The van der Waals surface area contributed by atoms with E-state index in [9.17, 15) is 4.79 Å². The molecule has 1 rings (SSSR count). The van der Waals surface area contributed by atoms with Crippen molar-refractivity contribution in [2.24, 2.45) is 0 Å². The van der Waals surface area contributed by atoms with E-state index in [4.69, 9.17) is 9.57 Å². The molecule has 0 aromatic heterocycles. The van der Waals surface area contributed by atoms with Gasteiger partial charge in [-0.25, -0.2) is 9.90 Å². The molecule has 1 amide bonds. The van der Waals surface area contributed by atoms with Crippen molar-refractivity contribution in [3.8, 4) is 0 Å². The van der Waals surface area contributed by atoms with Gasteiger partial charge in [0.1, 0.15) is 0 Å². The highest BCUT2D eigenvalue weighted by Gasteiger charge is 2.18. The average molecular weight is 247 g/mol. The van der Waals surface area contributed by atoms with Crippen LogP contribution in [0.4, 0.5) is 0 Å². The van der Waals surface area contributed by atoms with Crippen LogP contribution in [0.1, 0.15) is 10.4 Å². The second kappa shape index (κ2) is 7.42. The Bertz CT molecular complexity index is 403. The topological polar surface area (TPSA) is 38.8 Å². The first-order valence-electron chi connectivity index (χ1n) is 5.52. The maximum absolute atomic E-state index is 12.2. The molecule has 1 aromatic carbocycles. The van der Waals surface area contributed by atoms with E-state index in [1.807, 2.05) is 6.07 Å². The lowest BCUT2D eigenvalue weighted by atomic mass is 10.2. The van der Waals surface area contributed by atoms with Crippen molar-refractivity contribution >= 4 is 5.91 Å². The molecule has 0 spiro atoms. The maximum Gasteiger partial charge on any atom is 0.277 e. The summed E-state index contributed by atoms with van der Waals surface area (Å²) in [6, 6.07) is 8.87. The third-order valence-electron chi connectivity index (χ3n) is 2.20. The highest BCUT2D eigenvalue weighted by atomic mass is 16.8. The van der Waals surface area contributed by atoms with E-state index in [0.717, 1.165) is 0 Å². The second-order valence-electron chi connectivity index (χ2n) is 3.47. The number of nitrogens with zero attached hydrogens (tertiary/aromatic N) is 1. The number of carbonyl (C=O) groups excluding carboxylic acids is 1. The average Bonchev–Trinajstić information content (AvgIpc) is 2.43. The van der Waals surface area contributed by atoms with E-state index in [2.05, 4.69) is 13.2 Å². The molecule has 96 valence electrons. The molecule has 0 fully saturated rings. The summed E-state index contributed by atoms with van der Waals surface area (Å²) in [7, 11) is 1.48. The zero-order chi connectivity index (χ0) is 13.4. The SMILES string of the molecule is C=CCN(OC(C=C)OC)C(=O)c1ccccc1. The lowest BCUT2D eigenvalue weighted by Gasteiger charge is -2.23. The highest BCUT2D eigenvalue weighted by Crippen LogP contribution is 2.08. The van der Waals surface area contributed by atoms with Crippen molar-refractivity contribution in [3.63, 3.8) is 0 Å². The van der Waals surface area contributed by atoms with Crippen LogP contribution in [0.5, 0.6) is 0 Å². The summed E-state index contributed by atoms with van der Waals surface area (Å²) in [4.78, 5) is 17.5. The Kier molecular flexibility index (Phi) is 5.84. The largest absolute Gasteiger partial charge is 0.350 e. The first kappa shape index (κ1) is 14.2. The number of hydroxylamine groups is 2. The quantitative estimate of drug-likeness (QED) is 0.422. The van der Waals surface area contributed by atoms with E-state index in [0.29, 0.717) is 5.56 Å². The number of hydrogen-bond acceptors (Lipinski definition) is 3. The number of hydrogen-bond donors (Lipinski definition) is 0. The van der Waals surface area contributed by atoms with Crippen LogP contribution in [0.15, 0.2) is 55.6 Å². The zero-order valence-electron chi connectivity index (χ0n) is 10.4. The van der Waals surface area contributed by atoms with Crippen molar-refractivity contribution in [2.75, 3.05) is 13.7 Å². The molecular weight excluding hydrogens is 230 g/mol. The van der Waals surface area contributed by atoms with Gasteiger partial charge in [0.25, 0.3) is 5.91 Å². The molecule has 4 heteroatoms. The van der Waals surface area contributed by atoms with Gasteiger partial charge in [0, 0.05) is 12.7 Å². The van der Waals surface area contributed by atoms with Crippen LogP contribution in [-0.4, -0.2) is 30.9 Å². The predicted molar refractivity (Wildman–Crippen MR) is 69.8 cm³/mol. The lowest BCUT2D eigenvalue weighted by molar-refractivity contribution is -0.222. The summed E-state index contributed by atoms with van der Waals surface area (Å²) in [6.45, 7) is 7.42.